The summed E-state index contributed by atoms with van der Waals surface area (Å²) in [6.07, 6.45) is 3.93. The fourth-order valence-corrected chi connectivity index (χ4v) is 4.61. The van der Waals surface area contributed by atoms with Crippen molar-refractivity contribution in [2.75, 3.05) is 11.5 Å². The van der Waals surface area contributed by atoms with Crippen LogP contribution in [-0.2, 0) is 0 Å². The van der Waals surface area contributed by atoms with Gasteiger partial charge in [-0.25, -0.2) is 0 Å². The third-order valence-corrected chi connectivity index (χ3v) is 6.81. The largest absolute Gasteiger partial charge is 0.142 e. The standard InChI is InChI=1S/C5H10S2.C4H10B/c1-6-4-3-5-7(6)2;1-3-4-5-2/h1-5H2;3-4H2,1-2H3. The van der Waals surface area contributed by atoms with Crippen molar-refractivity contribution < 1.29 is 0 Å². The smallest absolute Gasteiger partial charge is 0.105 e. The fraction of sp³-hybridized carbons (Fsp3) is 0.778. The lowest BCUT2D eigenvalue weighted by Crippen LogP contribution is -1.73. The molecule has 1 aliphatic rings. The molecule has 0 aliphatic carbocycles. The third kappa shape index (κ3) is 6.07. The summed E-state index contributed by atoms with van der Waals surface area (Å²) in [6.45, 7) is 4.27. The fourth-order valence-electron chi connectivity index (χ4n) is 0.905. The highest BCUT2D eigenvalue weighted by Gasteiger charge is 2.04. The molecule has 0 nitrogen and oxygen atoms in total. The van der Waals surface area contributed by atoms with Gasteiger partial charge < -0.3 is 0 Å². The maximum absolute atomic E-state index is 4.00. The average molecular weight is 203 g/mol. The molecule has 0 saturated carbocycles. The van der Waals surface area contributed by atoms with Gasteiger partial charge in [-0.05, 0) is 17.9 Å². The van der Waals surface area contributed by atoms with Crippen LogP contribution in [0.15, 0.2) is 0 Å². The lowest BCUT2D eigenvalue weighted by Gasteiger charge is -1.93. The highest BCUT2D eigenvalue weighted by molar-refractivity contribution is 8.89. The van der Waals surface area contributed by atoms with Gasteiger partial charge in [0.25, 0.3) is 0 Å². The molecule has 1 heterocycles. The minimum Gasteiger partial charge on any atom is -0.142 e. The Bertz CT molecular complexity index is 139. The lowest BCUT2D eigenvalue weighted by molar-refractivity contribution is 1.07. The van der Waals surface area contributed by atoms with E-state index in [-0.39, 0.29) is 0 Å². The topological polar surface area (TPSA) is 0 Å². The normalized spacial score (nSPS) is 27.5. The van der Waals surface area contributed by atoms with Crippen LogP contribution < -0.4 is 0 Å². The van der Waals surface area contributed by atoms with Crippen LogP contribution >= 0.6 is 19.0 Å². The van der Waals surface area contributed by atoms with Crippen molar-refractivity contribution in [1.29, 1.82) is 0 Å². The van der Waals surface area contributed by atoms with Crippen molar-refractivity contribution in [3.05, 3.63) is 0 Å². The second-order valence-electron chi connectivity index (χ2n) is 2.84. The van der Waals surface area contributed by atoms with Crippen molar-refractivity contribution in [1.82, 2.24) is 0 Å². The predicted molar refractivity (Wildman–Crippen MR) is 70.5 cm³/mol. The second kappa shape index (κ2) is 8.12. The van der Waals surface area contributed by atoms with E-state index in [1.165, 1.54) is 30.7 Å². The summed E-state index contributed by atoms with van der Waals surface area (Å²) in [4.78, 5) is 0. The van der Waals surface area contributed by atoms with Gasteiger partial charge in [-0.15, -0.1) is 19.0 Å². The number of hydrogen-bond acceptors (Lipinski definition) is 0. The molecule has 2 atom stereocenters. The van der Waals surface area contributed by atoms with Crippen molar-refractivity contribution >= 4 is 38.1 Å². The first-order valence-electron chi connectivity index (χ1n) is 4.51. The summed E-state index contributed by atoms with van der Waals surface area (Å²) < 4.78 is 0. The van der Waals surface area contributed by atoms with Crippen LogP contribution in [0.2, 0.25) is 13.1 Å². The average Bonchev–Trinajstić information content (AvgIpc) is 2.39. The summed E-state index contributed by atoms with van der Waals surface area (Å²) in [5.41, 5.74) is 0. The third-order valence-electron chi connectivity index (χ3n) is 1.65. The van der Waals surface area contributed by atoms with E-state index in [9.17, 15) is 0 Å². The van der Waals surface area contributed by atoms with Crippen LogP contribution in [0.25, 0.3) is 0 Å². The van der Waals surface area contributed by atoms with Gasteiger partial charge in [-0.1, -0.05) is 38.2 Å². The Morgan fingerprint density at radius 1 is 1.25 bits per heavy atom. The molecule has 0 aromatic rings. The van der Waals surface area contributed by atoms with Gasteiger partial charge >= 0.3 is 0 Å². The predicted octanol–water partition coefficient (Wildman–Crippen LogP) is 3.27. The molecule has 1 fully saturated rings. The maximum atomic E-state index is 4.00. The van der Waals surface area contributed by atoms with Gasteiger partial charge in [0.1, 0.15) is 7.28 Å². The monoisotopic (exact) mass is 203 g/mol. The van der Waals surface area contributed by atoms with Crippen LogP contribution in [0.4, 0.5) is 0 Å². The molecule has 0 amide bonds. The first-order chi connectivity index (χ1) is 5.72. The Hall–Kier alpha value is 0.505. The van der Waals surface area contributed by atoms with Gasteiger partial charge in [0, 0.05) is 0 Å². The summed E-state index contributed by atoms with van der Waals surface area (Å²) in [7, 11) is 3.08. The Labute approximate surface area is 82.6 Å². The summed E-state index contributed by atoms with van der Waals surface area (Å²) in [5, 5.41) is 0. The second-order valence-corrected chi connectivity index (χ2v) is 8.24. The SMILES string of the molecule is C=S1CCCS1=C.C[B]CCC. The van der Waals surface area contributed by atoms with Gasteiger partial charge in [-0.3, -0.25) is 0 Å². The van der Waals surface area contributed by atoms with Crippen molar-refractivity contribution in [2.24, 2.45) is 0 Å². The summed E-state index contributed by atoms with van der Waals surface area (Å²) in [5.74, 6) is 10.7. The molecule has 0 aromatic carbocycles. The van der Waals surface area contributed by atoms with E-state index in [1.54, 1.807) is 0 Å². The molecule has 0 bridgehead atoms. The zero-order chi connectivity index (χ0) is 9.40. The Balaban J connectivity index is 0.000000217. The minimum absolute atomic E-state index is 0.449. The van der Waals surface area contributed by atoms with Crippen LogP contribution in [0.1, 0.15) is 19.8 Å². The lowest BCUT2D eigenvalue weighted by atomic mass is 9.77. The highest BCUT2D eigenvalue weighted by atomic mass is 33.1. The molecule has 3 heteroatoms. The zero-order valence-electron chi connectivity index (χ0n) is 8.34. The Morgan fingerprint density at radius 3 is 1.83 bits per heavy atom. The Morgan fingerprint density at radius 2 is 1.75 bits per heavy atom. The van der Waals surface area contributed by atoms with Crippen LogP contribution in [0.3, 0.4) is 0 Å². The molecule has 71 valence electrons. The summed E-state index contributed by atoms with van der Waals surface area (Å²) >= 11 is 0. The Kier molecular flexibility index (Phi) is 8.46. The van der Waals surface area contributed by atoms with Gasteiger partial charge in [0.15, 0.2) is 0 Å². The van der Waals surface area contributed by atoms with Crippen LogP contribution in [0.5, 0.6) is 0 Å². The first-order valence-corrected chi connectivity index (χ1v) is 8.16. The van der Waals surface area contributed by atoms with E-state index in [2.05, 4.69) is 32.8 Å². The van der Waals surface area contributed by atoms with Gasteiger partial charge in [-0.2, -0.15) is 0 Å². The van der Waals surface area contributed by atoms with Gasteiger partial charge in [0.05, 0.1) is 0 Å². The molecule has 0 aromatic heterocycles. The van der Waals surface area contributed by atoms with E-state index in [0.29, 0.717) is 19.0 Å². The molecule has 1 radical (unpaired) electrons. The number of rotatable bonds is 2. The van der Waals surface area contributed by atoms with Gasteiger partial charge in [0.2, 0.25) is 0 Å². The highest BCUT2D eigenvalue weighted by Crippen LogP contribution is 2.41. The number of hydrogen-bond donors (Lipinski definition) is 0. The van der Waals surface area contributed by atoms with Crippen LogP contribution in [-0.4, -0.2) is 30.5 Å². The maximum Gasteiger partial charge on any atom is 0.105 e. The zero-order valence-corrected chi connectivity index (χ0v) is 9.98. The molecule has 12 heavy (non-hydrogen) atoms. The molecule has 1 saturated heterocycles. The minimum atomic E-state index is 0.449. The quantitative estimate of drug-likeness (QED) is 0.367. The first kappa shape index (κ1) is 12.5. The van der Waals surface area contributed by atoms with Crippen molar-refractivity contribution in [2.45, 2.75) is 32.9 Å². The molecular weight excluding hydrogens is 183 g/mol. The van der Waals surface area contributed by atoms with E-state index in [4.69, 9.17) is 0 Å². The van der Waals surface area contributed by atoms with Crippen LogP contribution in [0, 0.1) is 0 Å². The van der Waals surface area contributed by atoms with Crippen molar-refractivity contribution in [3.8, 4) is 0 Å². The molecule has 1 aliphatic heterocycles. The van der Waals surface area contributed by atoms with E-state index >= 15 is 0 Å². The molecule has 0 spiro atoms. The molecule has 0 N–H and O–H groups in total. The summed E-state index contributed by atoms with van der Waals surface area (Å²) in [6, 6.07) is 0. The molecule has 2 unspecified atom stereocenters. The van der Waals surface area contributed by atoms with Crippen molar-refractivity contribution in [3.63, 3.8) is 0 Å². The van der Waals surface area contributed by atoms with E-state index in [0.717, 1.165) is 0 Å². The molecular formula is C9H20BS2. The molecule has 1 rings (SSSR count). The van der Waals surface area contributed by atoms with E-state index in [1.807, 2.05) is 0 Å². The van der Waals surface area contributed by atoms with E-state index < -0.39 is 0 Å².